The topological polar surface area (TPSA) is 112 Å². The standard InChI is InChI=1S/C28H50N4O6S2/c1-10-13-28(9,25(34)39-12-3)37-20(4)22(33)27(8,11-2)38-21(18-29-26(5,6)7)19-36-24-23(30-40-31-24)32-14-16-35-17-15-32/h20-21,29H,10-19H2,1-9H3/t20-,21-,27?,28?/m0/s1. The highest BCUT2D eigenvalue weighted by Crippen LogP contribution is 2.31. The van der Waals surface area contributed by atoms with E-state index in [-0.39, 0.29) is 23.0 Å². The number of aromatic nitrogens is 2. The summed E-state index contributed by atoms with van der Waals surface area (Å²) in [5.74, 6) is 1.62. The van der Waals surface area contributed by atoms with Gasteiger partial charge in [0.2, 0.25) is 10.9 Å². The van der Waals surface area contributed by atoms with Crippen molar-refractivity contribution in [2.24, 2.45) is 0 Å². The fourth-order valence-corrected chi connectivity index (χ4v) is 5.73. The number of Topliss-reactive ketones (excluding diaryl/α,β-unsaturated/α-hetero) is 1. The monoisotopic (exact) mass is 602 g/mol. The first kappa shape index (κ1) is 34.9. The number of nitrogens with one attached hydrogen (secondary N) is 1. The molecule has 1 N–H and O–H groups in total. The quantitative estimate of drug-likeness (QED) is 0.272. The molecular weight excluding hydrogens is 552 g/mol. The van der Waals surface area contributed by atoms with Crippen LogP contribution in [0.15, 0.2) is 0 Å². The molecule has 2 heterocycles. The summed E-state index contributed by atoms with van der Waals surface area (Å²) in [5.41, 5.74) is -2.34. The molecule has 10 nitrogen and oxygen atoms in total. The van der Waals surface area contributed by atoms with Gasteiger partial charge in [-0.1, -0.05) is 39.0 Å². The van der Waals surface area contributed by atoms with Gasteiger partial charge in [0.25, 0.3) is 5.88 Å². The molecule has 0 aromatic carbocycles. The minimum atomic E-state index is -1.14. The Bertz CT molecular complexity index is 936. The number of carbonyl (C=O) groups excluding carboxylic acids is 2. The van der Waals surface area contributed by atoms with Gasteiger partial charge in [-0.2, -0.15) is 4.37 Å². The number of carbonyl (C=O) groups is 2. The van der Waals surface area contributed by atoms with Crippen LogP contribution in [0.25, 0.3) is 0 Å². The van der Waals surface area contributed by atoms with E-state index in [1.54, 1.807) is 20.8 Å². The van der Waals surface area contributed by atoms with Crippen LogP contribution in [0.5, 0.6) is 5.88 Å². The van der Waals surface area contributed by atoms with Crippen molar-refractivity contribution in [3.63, 3.8) is 0 Å². The Labute approximate surface area is 248 Å². The fourth-order valence-electron chi connectivity index (χ4n) is 4.49. The van der Waals surface area contributed by atoms with Gasteiger partial charge in [-0.25, -0.2) is 0 Å². The average Bonchev–Trinajstić information content (AvgIpc) is 3.38. The molecule has 40 heavy (non-hydrogen) atoms. The third kappa shape index (κ3) is 10.2. The van der Waals surface area contributed by atoms with E-state index in [2.05, 4.69) is 39.7 Å². The molecule has 0 saturated carbocycles. The fraction of sp³-hybridized carbons (Fsp3) is 0.857. The summed E-state index contributed by atoms with van der Waals surface area (Å²) in [4.78, 5) is 28.8. The van der Waals surface area contributed by atoms with Crippen molar-refractivity contribution in [3.8, 4) is 5.88 Å². The molecule has 0 aliphatic carbocycles. The largest absolute Gasteiger partial charge is 0.472 e. The molecule has 230 valence electrons. The summed E-state index contributed by atoms with van der Waals surface area (Å²) in [7, 11) is 0. The van der Waals surface area contributed by atoms with E-state index in [1.807, 2.05) is 20.8 Å². The van der Waals surface area contributed by atoms with Gasteiger partial charge in [-0.3, -0.25) is 9.59 Å². The van der Waals surface area contributed by atoms with Gasteiger partial charge in [0.1, 0.15) is 30.0 Å². The van der Waals surface area contributed by atoms with Crippen molar-refractivity contribution in [3.05, 3.63) is 0 Å². The minimum Gasteiger partial charge on any atom is -0.472 e. The van der Waals surface area contributed by atoms with Crippen LogP contribution in [0.4, 0.5) is 5.82 Å². The summed E-state index contributed by atoms with van der Waals surface area (Å²) < 4.78 is 33.2. The Hall–Kier alpha value is -1.31. The van der Waals surface area contributed by atoms with Gasteiger partial charge in [0.15, 0.2) is 5.78 Å². The lowest BCUT2D eigenvalue weighted by molar-refractivity contribution is -0.174. The maximum atomic E-state index is 13.8. The van der Waals surface area contributed by atoms with Crippen molar-refractivity contribution < 1.29 is 28.5 Å². The molecule has 1 aromatic heterocycles. The van der Waals surface area contributed by atoms with Gasteiger partial charge in [0.05, 0.1) is 24.9 Å². The highest BCUT2D eigenvalue weighted by Gasteiger charge is 2.43. The lowest BCUT2D eigenvalue weighted by Crippen LogP contribution is -2.53. The summed E-state index contributed by atoms with van der Waals surface area (Å²) in [6.07, 6.45) is 0.462. The summed E-state index contributed by atoms with van der Waals surface area (Å²) in [5, 5.41) is 3.42. The maximum absolute atomic E-state index is 13.8. The second kappa shape index (κ2) is 15.8. The van der Waals surface area contributed by atoms with Crippen LogP contribution < -0.4 is 15.0 Å². The Morgan fingerprint density at radius 3 is 2.33 bits per heavy atom. The van der Waals surface area contributed by atoms with Crippen LogP contribution in [0.3, 0.4) is 0 Å². The minimum absolute atomic E-state index is 0.0516. The summed E-state index contributed by atoms with van der Waals surface area (Å²) >= 11 is 2.34. The van der Waals surface area contributed by atoms with Gasteiger partial charge in [-0.05, 0) is 60.1 Å². The maximum Gasteiger partial charge on any atom is 0.270 e. The third-order valence-corrected chi connectivity index (χ3v) is 8.37. The van der Waals surface area contributed by atoms with Gasteiger partial charge >= 0.3 is 0 Å². The molecule has 1 aliphatic rings. The lowest BCUT2D eigenvalue weighted by atomic mass is 9.92. The van der Waals surface area contributed by atoms with E-state index >= 15 is 0 Å². The molecule has 0 amide bonds. The normalized spacial score (nSPS) is 19.0. The number of ether oxygens (including phenoxy) is 4. The molecule has 1 fully saturated rings. The summed E-state index contributed by atoms with van der Waals surface area (Å²) in [6.45, 7) is 20.7. The number of nitrogens with zero attached hydrogens (tertiary/aromatic N) is 3. The van der Waals surface area contributed by atoms with E-state index in [4.69, 9.17) is 18.9 Å². The van der Waals surface area contributed by atoms with Crippen LogP contribution in [0.2, 0.25) is 0 Å². The van der Waals surface area contributed by atoms with Crippen molar-refractivity contribution in [1.29, 1.82) is 0 Å². The zero-order chi connectivity index (χ0) is 30.0. The van der Waals surface area contributed by atoms with E-state index in [0.717, 1.165) is 31.2 Å². The predicted octanol–water partition coefficient (Wildman–Crippen LogP) is 4.51. The number of hydrogen-bond acceptors (Lipinski definition) is 12. The smallest absolute Gasteiger partial charge is 0.270 e. The van der Waals surface area contributed by atoms with Crippen molar-refractivity contribution in [2.45, 2.75) is 111 Å². The lowest BCUT2D eigenvalue weighted by Gasteiger charge is -2.37. The van der Waals surface area contributed by atoms with Gasteiger partial charge < -0.3 is 29.2 Å². The first-order valence-corrected chi connectivity index (χ1v) is 16.1. The first-order chi connectivity index (χ1) is 18.8. The van der Waals surface area contributed by atoms with Crippen LogP contribution in [0, 0.1) is 0 Å². The zero-order valence-electron chi connectivity index (χ0n) is 25.8. The molecular formula is C28H50N4O6S2. The van der Waals surface area contributed by atoms with E-state index in [9.17, 15) is 9.59 Å². The second-order valence-electron chi connectivity index (χ2n) is 11.6. The van der Waals surface area contributed by atoms with Crippen LogP contribution in [0.1, 0.15) is 81.6 Å². The Balaban J connectivity index is 2.19. The molecule has 2 rings (SSSR count). The third-order valence-electron chi connectivity index (χ3n) is 6.88. The molecule has 0 radical (unpaired) electrons. The van der Waals surface area contributed by atoms with Crippen LogP contribution in [-0.4, -0.2) is 93.8 Å². The SMILES string of the molecule is CCCC(C)(O[C@@H](C)C(=O)C(C)(CC)O[C@@H](CNC(C)(C)C)COc1nsnc1N1CCOCC1)C(=O)SCC. The van der Waals surface area contributed by atoms with Crippen molar-refractivity contribution in [1.82, 2.24) is 14.1 Å². The van der Waals surface area contributed by atoms with Crippen molar-refractivity contribution >= 4 is 40.2 Å². The predicted molar refractivity (Wildman–Crippen MR) is 162 cm³/mol. The number of rotatable bonds is 17. The van der Waals surface area contributed by atoms with Crippen LogP contribution >= 0.6 is 23.5 Å². The molecule has 0 spiro atoms. The molecule has 2 unspecified atom stereocenters. The zero-order valence-corrected chi connectivity index (χ0v) is 27.5. The molecule has 1 saturated heterocycles. The van der Waals surface area contributed by atoms with Crippen molar-refractivity contribution in [2.75, 3.05) is 50.1 Å². The van der Waals surface area contributed by atoms with Gasteiger partial charge in [-0.15, -0.1) is 4.37 Å². The first-order valence-electron chi connectivity index (χ1n) is 14.4. The number of anilines is 1. The van der Waals surface area contributed by atoms with Gasteiger partial charge in [0, 0.05) is 25.2 Å². The molecule has 12 heteroatoms. The molecule has 4 atom stereocenters. The van der Waals surface area contributed by atoms with Crippen LogP contribution in [-0.2, 0) is 23.8 Å². The highest BCUT2D eigenvalue weighted by atomic mass is 32.2. The highest BCUT2D eigenvalue weighted by molar-refractivity contribution is 8.13. The Morgan fingerprint density at radius 2 is 1.75 bits per heavy atom. The number of thioether (sulfide) groups is 1. The average molecular weight is 603 g/mol. The number of morpholine rings is 1. The van der Waals surface area contributed by atoms with E-state index < -0.39 is 23.4 Å². The Kier molecular flexibility index (Phi) is 13.8. The number of ketones is 1. The van der Waals surface area contributed by atoms with E-state index in [1.165, 1.54) is 11.8 Å². The van der Waals surface area contributed by atoms with E-state index in [0.29, 0.717) is 50.1 Å². The number of hydrogen-bond donors (Lipinski definition) is 1. The molecule has 1 aliphatic heterocycles. The molecule has 0 bridgehead atoms. The second-order valence-corrected chi connectivity index (χ2v) is 13.3. The summed E-state index contributed by atoms with van der Waals surface area (Å²) in [6, 6.07) is 0. The Morgan fingerprint density at radius 1 is 1.07 bits per heavy atom. The molecule has 1 aromatic rings.